The number of nitrogens with two attached hydrogens (primary N) is 1. The zero-order valence-corrected chi connectivity index (χ0v) is 10.4. The van der Waals surface area contributed by atoms with E-state index in [-0.39, 0.29) is 5.41 Å². The van der Waals surface area contributed by atoms with Crippen LogP contribution >= 0.6 is 0 Å². The van der Waals surface area contributed by atoms with Gasteiger partial charge in [-0.15, -0.1) is 0 Å². The van der Waals surface area contributed by atoms with E-state index in [4.69, 9.17) is 5.73 Å². The van der Waals surface area contributed by atoms with Crippen molar-refractivity contribution in [3.63, 3.8) is 0 Å². The van der Waals surface area contributed by atoms with Gasteiger partial charge in [-0.1, -0.05) is 44.2 Å². The summed E-state index contributed by atoms with van der Waals surface area (Å²) in [6.07, 6.45) is 2.87. The lowest BCUT2D eigenvalue weighted by molar-refractivity contribution is 0.489. The Kier molecular flexibility index (Phi) is 3.29. The molecule has 90 valence electrons. The predicted molar refractivity (Wildman–Crippen MR) is 70.7 cm³/mol. The molecule has 0 atom stereocenters. The number of nitrogens with one attached hydrogen (secondary N) is 1. The smallest absolute Gasteiger partial charge is 0.0687 e. The number of hydrogen-bond donors (Lipinski definition) is 2. The number of aromatic nitrogens is 2. The van der Waals surface area contributed by atoms with Crippen molar-refractivity contribution < 1.29 is 0 Å². The molecule has 0 unspecified atom stereocenters. The molecule has 0 aliphatic rings. The highest BCUT2D eigenvalue weighted by Gasteiger charge is 2.24. The number of aromatic amines is 1. The van der Waals surface area contributed by atoms with Crippen LogP contribution < -0.4 is 5.73 Å². The lowest BCUT2D eigenvalue weighted by Gasteiger charge is -2.24. The topological polar surface area (TPSA) is 54.7 Å². The molecule has 0 spiro atoms. The van der Waals surface area contributed by atoms with Crippen LogP contribution in [0.4, 0.5) is 0 Å². The van der Waals surface area contributed by atoms with Gasteiger partial charge in [0.1, 0.15) is 0 Å². The molecular weight excluding hydrogens is 210 g/mol. The van der Waals surface area contributed by atoms with E-state index >= 15 is 0 Å². The monoisotopic (exact) mass is 229 g/mol. The van der Waals surface area contributed by atoms with E-state index < -0.39 is 0 Å². The van der Waals surface area contributed by atoms with Crippen LogP contribution in [0, 0.1) is 0 Å². The van der Waals surface area contributed by atoms with E-state index in [1.54, 1.807) is 0 Å². The van der Waals surface area contributed by atoms with Crippen molar-refractivity contribution in [1.29, 1.82) is 0 Å². The molecule has 0 aliphatic heterocycles. The van der Waals surface area contributed by atoms with Gasteiger partial charge in [-0.05, 0) is 23.9 Å². The number of hydrogen-bond acceptors (Lipinski definition) is 2. The molecule has 2 rings (SSSR count). The Hall–Kier alpha value is -1.61. The largest absolute Gasteiger partial charge is 0.330 e. The molecule has 3 N–H and O–H groups in total. The van der Waals surface area contributed by atoms with Gasteiger partial charge in [0.25, 0.3) is 0 Å². The zero-order valence-electron chi connectivity index (χ0n) is 10.4. The van der Waals surface area contributed by atoms with Crippen molar-refractivity contribution in [2.24, 2.45) is 5.73 Å². The third kappa shape index (κ3) is 2.39. The molecule has 0 radical (unpaired) electrons. The Morgan fingerprint density at radius 3 is 2.59 bits per heavy atom. The van der Waals surface area contributed by atoms with Crippen LogP contribution in [0.15, 0.2) is 36.5 Å². The summed E-state index contributed by atoms with van der Waals surface area (Å²) in [5.41, 5.74) is 9.23. The molecule has 1 heterocycles. The summed E-state index contributed by atoms with van der Waals surface area (Å²) in [7, 11) is 0. The van der Waals surface area contributed by atoms with Crippen LogP contribution in [0.2, 0.25) is 0 Å². The van der Waals surface area contributed by atoms with Crippen molar-refractivity contribution >= 4 is 0 Å². The molecule has 0 saturated heterocycles. The second-order valence-corrected chi connectivity index (χ2v) is 4.95. The van der Waals surface area contributed by atoms with Crippen molar-refractivity contribution in [2.75, 3.05) is 6.54 Å². The summed E-state index contributed by atoms with van der Waals surface area (Å²) in [6, 6.07) is 10.3. The molecule has 3 heteroatoms. The quantitative estimate of drug-likeness (QED) is 0.847. The molecule has 1 aromatic carbocycles. The van der Waals surface area contributed by atoms with E-state index in [1.807, 2.05) is 24.4 Å². The maximum atomic E-state index is 5.68. The molecule has 0 saturated carbocycles. The summed E-state index contributed by atoms with van der Waals surface area (Å²) in [5.74, 6) is 0. The van der Waals surface area contributed by atoms with Gasteiger partial charge in [0.15, 0.2) is 0 Å². The Bertz CT molecular complexity index is 471. The number of rotatable bonds is 4. The third-order valence-electron chi connectivity index (χ3n) is 3.20. The fourth-order valence-electron chi connectivity index (χ4n) is 2.12. The highest BCUT2D eigenvalue weighted by Crippen LogP contribution is 2.33. The van der Waals surface area contributed by atoms with Crippen LogP contribution in [0.3, 0.4) is 0 Å². The van der Waals surface area contributed by atoms with E-state index in [2.05, 4.69) is 36.2 Å². The van der Waals surface area contributed by atoms with Gasteiger partial charge < -0.3 is 5.73 Å². The van der Waals surface area contributed by atoms with E-state index in [0.29, 0.717) is 6.54 Å². The summed E-state index contributed by atoms with van der Waals surface area (Å²) >= 11 is 0. The van der Waals surface area contributed by atoms with Gasteiger partial charge in [-0.25, -0.2) is 0 Å². The van der Waals surface area contributed by atoms with Crippen LogP contribution in [0.5, 0.6) is 0 Å². The first-order chi connectivity index (χ1) is 8.15. The average Bonchev–Trinajstić information content (AvgIpc) is 2.79. The van der Waals surface area contributed by atoms with Crippen LogP contribution in [-0.4, -0.2) is 16.7 Å². The van der Waals surface area contributed by atoms with Gasteiger partial charge in [0.2, 0.25) is 0 Å². The van der Waals surface area contributed by atoms with Gasteiger partial charge in [0.05, 0.1) is 11.9 Å². The normalized spacial score (nSPS) is 11.7. The van der Waals surface area contributed by atoms with Crippen LogP contribution in [0.1, 0.15) is 25.8 Å². The fraction of sp³-hybridized carbons (Fsp3) is 0.357. The summed E-state index contributed by atoms with van der Waals surface area (Å²) in [5, 5.41) is 7.28. The van der Waals surface area contributed by atoms with E-state index in [9.17, 15) is 0 Å². The highest BCUT2D eigenvalue weighted by atomic mass is 15.1. The summed E-state index contributed by atoms with van der Waals surface area (Å²) in [6.45, 7) is 5.10. The maximum absolute atomic E-state index is 5.68. The lowest BCUT2D eigenvalue weighted by Crippen LogP contribution is -2.21. The molecule has 0 fully saturated rings. The van der Waals surface area contributed by atoms with Crippen molar-refractivity contribution in [3.05, 3.63) is 42.1 Å². The molecule has 3 nitrogen and oxygen atoms in total. The predicted octanol–water partition coefficient (Wildman–Crippen LogP) is 2.70. The SMILES string of the molecule is CC(C)(CCN)c1cn[nH]c1-c1ccccc1. The van der Waals surface area contributed by atoms with Gasteiger partial charge in [-0.2, -0.15) is 5.10 Å². The first-order valence-corrected chi connectivity index (χ1v) is 5.94. The van der Waals surface area contributed by atoms with Crippen LogP contribution in [-0.2, 0) is 5.41 Å². The lowest BCUT2D eigenvalue weighted by atomic mass is 9.81. The Morgan fingerprint density at radius 2 is 1.94 bits per heavy atom. The van der Waals surface area contributed by atoms with Gasteiger partial charge in [-0.3, -0.25) is 5.10 Å². The van der Waals surface area contributed by atoms with Crippen LogP contribution in [0.25, 0.3) is 11.3 Å². The van der Waals surface area contributed by atoms with E-state index in [0.717, 1.165) is 12.1 Å². The van der Waals surface area contributed by atoms with E-state index in [1.165, 1.54) is 11.1 Å². The second-order valence-electron chi connectivity index (χ2n) is 4.95. The Morgan fingerprint density at radius 1 is 1.24 bits per heavy atom. The fourth-order valence-corrected chi connectivity index (χ4v) is 2.12. The maximum Gasteiger partial charge on any atom is 0.0687 e. The van der Waals surface area contributed by atoms with Crippen molar-refractivity contribution in [3.8, 4) is 11.3 Å². The minimum Gasteiger partial charge on any atom is -0.330 e. The van der Waals surface area contributed by atoms with Gasteiger partial charge in [0, 0.05) is 5.56 Å². The molecule has 0 bridgehead atoms. The highest BCUT2D eigenvalue weighted by molar-refractivity contribution is 5.63. The molecule has 17 heavy (non-hydrogen) atoms. The molecule has 1 aromatic heterocycles. The standard InChI is InChI=1S/C14H19N3/c1-14(2,8-9-15)12-10-16-17-13(12)11-6-4-3-5-7-11/h3-7,10H,8-9,15H2,1-2H3,(H,16,17). The van der Waals surface area contributed by atoms with Gasteiger partial charge >= 0.3 is 0 Å². The number of H-pyrrole nitrogens is 1. The second kappa shape index (κ2) is 4.72. The molecule has 0 amide bonds. The number of benzene rings is 1. The zero-order chi connectivity index (χ0) is 12.3. The Balaban J connectivity index is 2.42. The van der Waals surface area contributed by atoms with Crippen molar-refractivity contribution in [1.82, 2.24) is 10.2 Å². The molecule has 2 aromatic rings. The first kappa shape index (κ1) is 11.9. The molecule has 0 aliphatic carbocycles. The summed E-state index contributed by atoms with van der Waals surface area (Å²) in [4.78, 5) is 0. The minimum absolute atomic E-state index is 0.0485. The minimum atomic E-state index is 0.0485. The average molecular weight is 229 g/mol. The number of nitrogens with zero attached hydrogens (tertiary/aromatic N) is 1. The Labute approximate surface area is 102 Å². The third-order valence-corrected chi connectivity index (χ3v) is 3.20. The van der Waals surface area contributed by atoms with Crippen molar-refractivity contribution in [2.45, 2.75) is 25.7 Å². The summed E-state index contributed by atoms with van der Waals surface area (Å²) < 4.78 is 0. The first-order valence-electron chi connectivity index (χ1n) is 5.94. The molecular formula is C14H19N3.